The number of carbonyl (C=O) groups is 1. The maximum atomic E-state index is 10.6. The standard InChI is InChI=1S/C19H25N5.C2HF3O2/c1-16-5-2-6-17(22-16)13-23-12-8-19(14-23)7-3-11-24(15-19)18-20-9-4-10-21-18;3-2(4,5)1(6)7/h2,4-6,9-10H,3,7-8,11-15H2,1H3;(H,6,7). The summed E-state index contributed by atoms with van der Waals surface area (Å²) in [6.45, 7) is 7.50. The molecule has 4 rings (SSSR count). The van der Waals surface area contributed by atoms with Crippen molar-refractivity contribution in [2.75, 3.05) is 31.1 Å². The Kier molecular flexibility index (Phi) is 7.09. The summed E-state index contributed by atoms with van der Waals surface area (Å²) in [5.41, 5.74) is 2.68. The zero-order chi connectivity index (χ0) is 22.5. The number of pyridine rings is 1. The Hall–Kier alpha value is -2.75. The van der Waals surface area contributed by atoms with Crippen molar-refractivity contribution >= 4 is 11.9 Å². The smallest absolute Gasteiger partial charge is 0.475 e. The van der Waals surface area contributed by atoms with Gasteiger partial charge in [0.2, 0.25) is 5.95 Å². The van der Waals surface area contributed by atoms with E-state index < -0.39 is 12.1 Å². The van der Waals surface area contributed by atoms with Gasteiger partial charge in [-0.2, -0.15) is 13.2 Å². The molecule has 1 unspecified atom stereocenters. The molecular formula is C21H26F3N5O2. The fourth-order valence-electron chi connectivity index (χ4n) is 4.25. The molecular weight excluding hydrogens is 411 g/mol. The first kappa shape index (κ1) is 22.9. The van der Waals surface area contributed by atoms with Gasteiger partial charge in [0, 0.05) is 49.7 Å². The molecule has 1 spiro atoms. The molecule has 31 heavy (non-hydrogen) atoms. The molecule has 2 fully saturated rings. The van der Waals surface area contributed by atoms with Gasteiger partial charge in [-0.05, 0) is 50.9 Å². The average Bonchev–Trinajstić information content (AvgIpc) is 3.10. The summed E-state index contributed by atoms with van der Waals surface area (Å²) in [7, 11) is 0. The number of likely N-dealkylation sites (tertiary alicyclic amines) is 1. The van der Waals surface area contributed by atoms with Crippen LogP contribution in [0, 0.1) is 12.3 Å². The first-order chi connectivity index (χ1) is 14.7. The normalized spacial score (nSPS) is 21.6. The van der Waals surface area contributed by atoms with E-state index in [0.717, 1.165) is 37.8 Å². The summed E-state index contributed by atoms with van der Waals surface area (Å²) in [6.07, 6.45) is 2.41. The van der Waals surface area contributed by atoms with Gasteiger partial charge in [0.05, 0.1) is 5.69 Å². The molecule has 168 valence electrons. The number of aromatic nitrogens is 3. The van der Waals surface area contributed by atoms with E-state index in [1.807, 2.05) is 18.5 Å². The molecule has 2 aromatic rings. The van der Waals surface area contributed by atoms with Crippen LogP contribution in [0.2, 0.25) is 0 Å². The fourth-order valence-corrected chi connectivity index (χ4v) is 4.25. The predicted molar refractivity (Wildman–Crippen MR) is 108 cm³/mol. The van der Waals surface area contributed by atoms with E-state index in [-0.39, 0.29) is 0 Å². The number of anilines is 1. The number of carboxylic acids is 1. The van der Waals surface area contributed by atoms with Gasteiger partial charge in [-0.25, -0.2) is 14.8 Å². The highest BCUT2D eigenvalue weighted by atomic mass is 19.4. The number of aliphatic carboxylic acids is 1. The number of hydrogen-bond donors (Lipinski definition) is 1. The van der Waals surface area contributed by atoms with E-state index in [1.54, 1.807) is 0 Å². The lowest BCUT2D eigenvalue weighted by atomic mass is 9.79. The van der Waals surface area contributed by atoms with E-state index in [1.165, 1.54) is 31.5 Å². The highest BCUT2D eigenvalue weighted by Gasteiger charge is 2.42. The van der Waals surface area contributed by atoms with Crippen molar-refractivity contribution in [3.8, 4) is 0 Å². The summed E-state index contributed by atoms with van der Waals surface area (Å²) in [5.74, 6) is -1.87. The summed E-state index contributed by atoms with van der Waals surface area (Å²) in [6, 6.07) is 8.20. The zero-order valence-corrected chi connectivity index (χ0v) is 17.3. The second kappa shape index (κ2) is 9.59. The van der Waals surface area contributed by atoms with E-state index in [0.29, 0.717) is 5.41 Å². The van der Waals surface area contributed by atoms with Crippen LogP contribution < -0.4 is 4.90 Å². The van der Waals surface area contributed by atoms with E-state index in [9.17, 15) is 13.2 Å². The molecule has 2 aliphatic heterocycles. The van der Waals surface area contributed by atoms with Gasteiger partial charge in [0.25, 0.3) is 0 Å². The van der Waals surface area contributed by atoms with Crippen LogP contribution in [0.3, 0.4) is 0 Å². The predicted octanol–water partition coefficient (Wildman–Crippen LogP) is 3.31. The number of rotatable bonds is 3. The van der Waals surface area contributed by atoms with Gasteiger partial charge in [-0.15, -0.1) is 0 Å². The quantitative estimate of drug-likeness (QED) is 0.789. The van der Waals surface area contributed by atoms with Gasteiger partial charge < -0.3 is 10.0 Å². The van der Waals surface area contributed by atoms with Crippen molar-refractivity contribution in [1.29, 1.82) is 0 Å². The molecule has 0 aromatic carbocycles. The molecule has 0 saturated carbocycles. The van der Waals surface area contributed by atoms with Crippen LogP contribution in [0.5, 0.6) is 0 Å². The molecule has 0 bridgehead atoms. The molecule has 0 amide bonds. The third-order valence-corrected chi connectivity index (χ3v) is 5.59. The Balaban J connectivity index is 0.000000339. The molecule has 0 radical (unpaired) electrons. The van der Waals surface area contributed by atoms with Crippen molar-refractivity contribution in [1.82, 2.24) is 19.9 Å². The largest absolute Gasteiger partial charge is 0.490 e. The van der Waals surface area contributed by atoms with Crippen LogP contribution in [0.25, 0.3) is 0 Å². The van der Waals surface area contributed by atoms with Crippen LogP contribution in [-0.4, -0.2) is 63.3 Å². The Morgan fingerprint density at radius 3 is 2.48 bits per heavy atom. The van der Waals surface area contributed by atoms with E-state index in [4.69, 9.17) is 9.90 Å². The SMILES string of the molecule is Cc1cccc(CN2CCC3(CCCN(c4ncccn4)C3)C2)n1.O=C(O)C(F)(F)F. The summed E-state index contributed by atoms with van der Waals surface area (Å²) in [5, 5.41) is 7.12. The lowest BCUT2D eigenvalue weighted by Gasteiger charge is -2.40. The third-order valence-electron chi connectivity index (χ3n) is 5.59. The second-order valence-electron chi connectivity index (χ2n) is 8.11. The first-order valence-electron chi connectivity index (χ1n) is 10.1. The Morgan fingerprint density at radius 1 is 1.13 bits per heavy atom. The van der Waals surface area contributed by atoms with Crippen LogP contribution in [-0.2, 0) is 11.3 Å². The van der Waals surface area contributed by atoms with Gasteiger partial charge >= 0.3 is 12.1 Å². The highest BCUT2D eigenvalue weighted by molar-refractivity contribution is 5.73. The minimum absolute atomic E-state index is 0.390. The Bertz CT molecular complexity index is 881. The molecule has 7 nitrogen and oxygen atoms in total. The number of piperidine rings is 1. The molecule has 4 heterocycles. The van der Waals surface area contributed by atoms with Crippen LogP contribution in [0.4, 0.5) is 19.1 Å². The van der Waals surface area contributed by atoms with Crippen molar-refractivity contribution in [3.63, 3.8) is 0 Å². The van der Waals surface area contributed by atoms with Gasteiger partial charge in [0.15, 0.2) is 0 Å². The van der Waals surface area contributed by atoms with Crippen molar-refractivity contribution in [3.05, 3.63) is 48.0 Å². The summed E-state index contributed by atoms with van der Waals surface area (Å²) in [4.78, 5) is 27.4. The molecule has 1 N–H and O–H groups in total. The van der Waals surface area contributed by atoms with Crippen LogP contribution >= 0.6 is 0 Å². The number of nitrogens with zero attached hydrogens (tertiary/aromatic N) is 5. The van der Waals surface area contributed by atoms with Crippen molar-refractivity contribution in [2.45, 2.75) is 38.9 Å². The topological polar surface area (TPSA) is 82.5 Å². The maximum Gasteiger partial charge on any atom is 0.490 e. The van der Waals surface area contributed by atoms with Gasteiger partial charge in [0.1, 0.15) is 0 Å². The lowest BCUT2D eigenvalue weighted by Crippen LogP contribution is -2.45. The Morgan fingerprint density at radius 2 is 1.84 bits per heavy atom. The molecule has 0 aliphatic carbocycles. The fraction of sp³-hybridized carbons (Fsp3) is 0.524. The number of carboxylic acid groups (broad SMARTS) is 1. The zero-order valence-electron chi connectivity index (χ0n) is 17.3. The lowest BCUT2D eigenvalue weighted by molar-refractivity contribution is -0.192. The van der Waals surface area contributed by atoms with Crippen molar-refractivity contribution < 1.29 is 23.1 Å². The summed E-state index contributed by atoms with van der Waals surface area (Å²) < 4.78 is 31.7. The Labute approximate surface area is 178 Å². The van der Waals surface area contributed by atoms with Crippen molar-refractivity contribution in [2.24, 2.45) is 5.41 Å². The average molecular weight is 437 g/mol. The van der Waals surface area contributed by atoms with Gasteiger partial charge in [-0.1, -0.05) is 6.07 Å². The van der Waals surface area contributed by atoms with E-state index in [2.05, 4.69) is 49.9 Å². The van der Waals surface area contributed by atoms with Crippen LogP contribution in [0.1, 0.15) is 30.7 Å². The molecule has 10 heteroatoms. The minimum atomic E-state index is -5.08. The molecule has 2 aliphatic rings. The first-order valence-corrected chi connectivity index (χ1v) is 10.1. The molecule has 2 aromatic heterocycles. The molecule has 1 atom stereocenters. The van der Waals surface area contributed by atoms with Gasteiger partial charge in [-0.3, -0.25) is 9.88 Å². The molecule has 2 saturated heterocycles. The van der Waals surface area contributed by atoms with E-state index >= 15 is 0 Å². The number of halogens is 3. The maximum absolute atomic E-state index is 10.6. The second-order valence-corrected chi connectivity index (χ2v) is 8.11. The highest BCUT2D eigenvalue weighted by Crippen LogP contribution is 2.40. The third kappa shape index (κ3) is 6.36. The number of alkyl halides is 3. The summed E-state index contributed by atoms with van der Waals surface area (Å²) >= 11 is 0. The minimum Gasteiger partial charge on any atom is -0.475 e. The number of hydrogen-bond acceptors (Lipinski definition) is 6. The monoisotopic (exact) mass is 437 g/mol. The number of aryl methyl sites for hydroxylation is 1. The van der Waals surface area contributed by atoms with Crippen LogP contribution in [0.15, 0.2) is 36.7 Å².